The van der Waals surface area contributed by atoms with Crippen LogP contribution in [0.4, 0.5) is 0 Å². The Labute approximate surface area is 144 Å². The number of aliphatic hydroxyl groups excluding tert-OH is 1. The van der Waals surface area contributed by atoms with Gasteiger partial charge in [0.05, 0.1) is 23.8 Å². The number of aromatic amines is 1. The number of aliphatic hydroxyl groups is 1. The Hall–Kier alpha value is -3.12. The van der Waals surface area contributed by atoms with Gasteiger partial charge in [-0.05, 0) is 42.8 Å². The second-order valence-corrected chi connectivity index (χ2v) is 5.86. The Balaban J connectivity index is 1.87. The summed E-state index contributed by atoms with van der Waals surface area (Å²) in [7, 11) is 1.65. The number of H-pyrrole nitrogens is 1. The van der Waals surface area contributed by atoms with E-state index in [9.17, 15) is 5.11 Å². The molecule has 0 spiro atoms. The Morgan fingerprint density at radius 1 is 1.20 bits per heavy atom. The van der Waals surface area contributed by atoms with Crippen LogP contribution >= 0.6 is 0 Å². The van der Waals surface area contributed by atoms with Crippen LogP contribution in [-0.4, -0.2) is 32.0 Å². The van der Waals surface area contributed by atoms with Crippen LogP contribution in [0.15, 0.2) is 54.9 Å². The lowest BCUT2D eigenvalue weighted by Gasteiger charge is -2.12. The molecule has 2 aromatic heterocycles. The maximum atomic E-state index is 9.72. The van der Waals surface area contributed by atoms with Crippen molar-refractivity contribution in [3.8, 4) is 22.6 Å². The molecule has 2 N–H and O–H groups in total. The Kier molecular flexibility index (Phi) is 3.74. The van der Waals surface area contributed by atoms with E-state index in [2.05, 4.69) is 15.1 Å². The number of hydrogen-bond donors (Lipinski definition) is 2. The van der Waals surface area contributed by atoms with Gasteiger partial charge in [-0.1, -0.05) is 6.07 Å². The summed E-state index contributed by atoms with van der Waals surface area (Å²) in [6, 6.07) is 13.8. The Morgan fingerprint density at radius 3 is 2.80 bits per heavy atom. The number of aromatic nitrogens is 4. The zero-order chi connectivity index (χ0) is 17.4. The summed E-state index contributed by atoms with van der Waals surface area (Å²) in [5.74, 6) is 1.34. The van der Waals surface area contributed by atoms with Crippen LogP contribution in [0.3, 0.4) is 0 Å². The molecule has 0 saturated heterocycles. The Bertz CT molecular complexity index is 1020. The van der Waals surface area contributed by atoms with Gasteiger partial charge in [0, 0.05) is 24.0 Å². The molecule has 0 saturated carbocycles. The second kappa shape index (κ2) is 6.07. The molecule has 25 heavy (non-hydrogen) atoms. The molecule has 0 amide bonds. The normalized spacial score (nSPS) is 12.4. The van der Waals surface area contributed by atoms with Crippen LogP contribution in [0.5, 0.6) is 5.75 Å². The highest BCUT2D eigenvalue weighted by Gasteiger charge is 2.12. The van der Waals surface area contributed by atoms with Gasteiger partial charge in [-0.2, -0.15) is 5.10 Å². The van der Waals surface area contributed by atoms with Crippen LogP contribution < -0.4 is 4.74 Å². The van der Waals surface area contributed by atoms with Crippen molar-refractivity contribution < 1.29 is 9.84 Å². The number of rotatable bonds is 4. The van der Waals surface area contributed by atoms with Crippen molar-refractivity contribution in [2.45, 2.75) is 13.0 Å². The van der Waals surface area contributed by atoms with Crippen molar-refractivity contribution in [1.82, 2.24) is 19.7 Å². The average Bonchev–Trinajstić information content (AvgIpc) is 3.30. The number of nitrogens with zero attached hydrogens (tertiary/aromatic N) is 3. The van der Waals surface area contributed by atoms with Gasteiger partial charge in [-0.3, -0.25) is 0 Å². The fourth-order valence-electron chi connectivity index (χ4n) is 2.88. The van der Waals surface area contributed by atoms with Crippen molar-refractivity contribution in [2.75, 3.05) is 7.11 Å². The fraction of sp³-hybridized carbons (Fsp3) is 0.158. The van der Waals surface area contributed by atoms with Crippen LogP contribution in [0.25, 0.3) is 27.8 Å². The number of hydrogen-bond acceptors (Lipinski definition) is 4. The first-order chi connectivity index (χ1) is 12.2. The summed E-state index contributed by atoms with van der Waals surface area (Å²) in [5.41, 5.74) is 4.70. The highest BCUT2D eigenvalue weighted by atomic mass is 16.5. The van der Waals surface area contributed by atoms with Crippen molar-refractivity contribution in [3.63, 3.8) is 0 Å². The van der Waals surface area contributed by atoms with E-state index < -0.39 is 6.10 Å². The first-order valence-corrected chi connectivity index (χ1v) is 8.02. The van der Waals surface area contributed by atoms with Gasteiger partial charge in [-0.25, -0.2) is 9.67 Å². The minimum atomic E-state index is -0.628. The molecule has 6 nitrogen and oxygen atoms in total. The predicted molar refractivity (Wildman–Crippen MR) is 95.8 cm³/mol. The van der Waals surface area contributed by atoms with Crippen LogP contribution in [0.1, 0.15) is 18.9 Å². The SMILES string of the molecule is COc1ccc(-c2ccc3nc([C@@H](C)O)[nH]c3c2)c(-n2cccn2)c1. The van der Waals surface area contributed by atoms with Gasteiger partial charge >= 0.3 is 0 Å². The minimum absolute atomic E-state index is 0.564. The number of benzene rings is 2. The van der Waals surface area contributed by atoms with Crippen molar-refractivity contribution in [3.05, 3.63) is 60.7 Å². The summed E-state index contributed by atoms with van der Waals surface area (Å²) >= 11 is 0. The molecule has 6 heteroatoms. The van der Waals surface area contributed by atoms with Crippen LogP contribution in [-0.2, 0) is 0 Å². The number of nitrogens with one attached hydrogen (secondary N) is 1. The average molecular weight is 334 g/mol. The second-order valence-electron chi connectivity index (χ2n) is 5.86. The minimum Gasteiger partial charge on any atom is -0.497 e. The van der Waals surface area contributed by atoms with Crippen molar-refractivity contribution in [1.29, 1.82) is 0 Å². The monoisotopic (exact) mass is 334 g/mol. The smallest absolute Gasteiger partial charge is 0.135 e. The van der Waals surface area contributed by atoms with E-state index in [1.165, 1.54) is 0 Å². The highest BCUT2D eigenvalue weighted by molar-refractivity contribution is 5.84. The van der Waals surface area contributed by atoms with Crippen LogP contribution in [0, 0.1) is 0 Å². The topological polar surface area (TPSA) is 76.0 Å². The molecule has 0 bridgehead atoms. The summed E-state index contributed by atoms with van der Waals surface area (Å²) in [5, 5.41) is 14.1. The fourth-order valence-corrected chi connectivity index (χ4v) is 2.88. The summed E-state index contributed by atoms with van der Waals surface area (Å²) in [6.07, 6.45) is 3.02. The van der Waals surface area contributed by atoms with Gasteiger partial charge in [0.25, 0.3) is 0 Å². The zero-order valence-electron chi connectivity index (χ0n) is 14.0. The molecule has 2 heterocycles. The van der Waals surface area contributed by atoms with Gasteiger partial charge in [0.2, 0.25) is 0 Å². The molecule has 0 aliphatic heterocycles. The standard InChI is InChI=1S/C19H18N4O2/c1-12(24)19-21-16-7-4-13(10-17(16)22-19)15-6-5-14(25-2)11-18(15)23-9-3-8-20-23/h3-12,24H,1-2H3,(H,21,22)/t12-/m1/s1. The third kappa shape index (κ3) is 2.77. The van der Waals surface area contributed by atoms with E-state index in [0.717, 1.165) is 33.6 Å². The molecule has 1 atom stereocenters. The van der Waals surface area contributed by atoms with E-state index in [1.807, 2.05) is 53.3 Å². The number of imidazole rings is 1. The van der Waals surface area contributed by atoms with E-state index in [-0.39, 0.29) is 0 Å². The lowest BCUT2D eigenvalue weighted by atomic mass is 10.0. The largest absolute Gasteiger partial charge is 0.497 e. The quantitative estimate of drug-likeness (QED) is 0.599. The van der Waals surface area contributed by atoms with Gasteiger partial charge in [-0.15, -0.1) is 0 Å². The van der Waals surface area contributed by atoms with Crippen molar-refractivity contribution >= 4 is 11.0 Å². The molecule has 0 unspecified atom stereocenters. The molecule has 2 aromatic carbocycles. The van der Waals surface area contributed by atoms with E-state index in [4.69, 9.17) is 4.74 Å². The lowest BCUT2D eigenvalue weighted by molar-refractivity contribution is 0.190. The van der Waals surface area contributed by atoms with E-state index >= 15 is 0 Å². The van der Waals surface area contributed by atoms with E-state index in [0.29, 0.717) is 5.82 Å². The maximum Gasteiger partial charge on any atom is 0.135 e. The van der Waals surface area contributed by atoms with Crippen LogP contribution in [0.2, 0.25) is 0 Å². The number of fused-ring (bicyclic) bond motifs is 1. The third-order valence-corrected chi connectivity index (χ3v) is 4.16. The molecule has 4 rings (SSSR count). The third-order valence-electron chi connectivity index (χ3n) is 4.16. The first kappa shape index (κ1) is 15.4. The Morgan fingerprint density at radius 2 is 2.08 bits per heavy atom. The molecule has 0 aliphatic carbocycles. The summed E-state index contributed by atoms with van der Waals surface area (Å²) in [4.78, 5) is 7.58. The number of methoxy groups -OCH3 is 1. The molecule has 0 fully saturated rings. The van der Waals surface area contributed by atoms with Gasteiger partial charge in [0.1, 0.15) is 17.7 Å². The summed E-state index contributed by atoms with van der Waals surface area (Å²) in [6.45, 7) is 1.69. The molecule has 0 aliphatic rings. The maximum absolute atomic E-state index is 9.72. The molecule has 4 aromatic rings. The first-order valence-electron chi connectivity index (χ1n) is 8.02. The molecular weight excluding hydrogens is 316 g/mol. The van der Waals surface area contributed by atoms with Gasteiger partial charge < -0.3 is 14.8 Å². The predicted octanol–water partition coefficient (Wildman–Crippen LogP) is 3.48. The summed E-state index contributed by atoms with van der Waals surface area (Å²) < 4.78 is 7.17. The lowest BCUT2D eigenvalue weighted by Crippen LogP contribution is -1.98. The highest BCUT2D eigenvalue weighted by Crippen LogP contribution is 2.31. The van der Waals surface area contributed by atoms with Gasteiger partial charge in [0.15, 0.2) is 0 Å². The van der Waals surface area contributed by atoms with E-state index in [1.54, 1.807) is 20.2 Å². The van der Waals surface area contributed by atoms with Crippen molar-refractivity contribution in [2.24, 2.45) is 0 Å². The zero-order valence-corrected chi connectivity index (χ0v) is 14.0. The molecular formula is C19H18N4O2. The number of ether oxygens (including phenoxy) is 1. The molecule has 126 valence electrons. The molecule has 0 radical (unpaired) electrons.